The summed E-state index contributed by atoms with van der Waals surface area (Å²) in [5, 5.41) is 4.67. The number of rotatable bonds is 2. The predicted octanol–water partition coefficient (Wildman–Crippen LogP) is 3.33. The molecule has 2 aromatic heterocycles. The van der Waals surface area contributed by atoms with Crippen molar-refractivity contribution >= 4 is 28.7 Å². The van der Waals surface area contributed by atoms with Gasteiger partial charge in [0.25, 0.3) is 0 Å². The summed E-state index contributed by atoms with van der Waals surface area (Å²) < 4.78 is 2.00. The number of piperidine rings is 1. The van der Waals surface area contributed by atoms with Crippen LogP contribution in [0.25, 0.3) is 5.52 Å². The lowest BCUT2D eigenvalue weighted by atomic mass is 10.0. The highest BCUT2D eigenvalue weighted by molar-refractivity contribution is 6.39. The average Bonchev–Trinajstić information content (AvgIpc) is 2.69. The third-order valence-corrected chi connectivity index (χ3v) is 4.06. The third-order valence-electron chi connectivity index (χ3n) is 3.49. The molecule has 18 heavy (non-hydrogen) atoms. The summed E-state index contributed by atoms with van der Waals surface area (Å²) >= 11 is 12.3. The molecule has 0 amide bonds. The molecule has 3 rings (SSSR count). The van der Waals surface area contributed by atoms with E-state index in [1.165, 1.54) is 19.3 Å². The van der Waals surface area contributed by atoms with Crippen LogP contribution in [0.5, 0.6) is 0 Å². The van der Waals surface area contributed by atoms with Crippen LogP contribution < -0.4 is 5.32 Å². The molecule has 0 bridgehead atoms. The quantitative estimate of drug-likeness (QED) is 0.916. The van der Waals surface area contributed by atoms with Crippen molar-refractivity contribution in [2.24, 2.45) is 0 Å². The Bertz CT molecular complexity index is 559. The Morgan fingerprint density at radius 1 is 1.39 bits per heavy atom. The van der Waals surface area contributed by atoms with Crippen molar-refractivity contribution < 1.29 is 0 Å². The molecule has 0 aromatic carbocycles. The summed E-state index contributed by atoms with van der Waals surface area (Å²) in [5.74, 6) is 0.983. The van der Waals surface area contributed by atoms with E-state index in [1.807, 2.05) is 22.7 Å². The highest BCUT2D eigenvalue weighted by atomic mass is 35.5. The summed E-state index contributed by atoms with van der Waals surface area (Å²) in [4.78, 5) is 4.45. The van der Waals surface area contributed by atoms with Crippen LogP contribution in [0.2, 0.25) is 10.2 Å². The standard InChI is InChI=1S/C13H15Cl2N3/c14-10-5-3-7-18-11(17-13(15)12(10)18)8-9-4-1-2-6-16-9/h3,5,7,9,16H,1-2,4,6,8H2. The summed E-state index contributed by atoms with van der Waals surface area (Å²) in [6.07, 6.45) is 6.63. The molecule has 0 aliphatic carbocycles. The molecule has 1 fully saturated rings. The number of halogens is 2. The van der Waals surface area contributed by atoms with Crippen LogP contribution in [0.15, 0.2) is 18.3 Å². The van der Waals surface area contributed by atoms with Crippen LogP contribution in [0.3, 0.4) is 0 Å². The fraction of sp³-hybridized carbons (Fsp3) is 0.462. The Morgan fingerprint density at radius 2 is 2.28 bits per heavy atom. The molecule has 3 heterocycles. The van der Waals surface area contributed by atoms with Crippen LogP contribution in [-0.2, 0) is 6.42 Å². The van der Waals surface area contributed by atoms with E-state index < -0.39 is 0 Å². The number of hydrogen-bond acceptors (Lipinski definition) is 2. The number of pyridine rings is 1. The number of aromatic nitrogens is 2. The smallest absolute Gasteiger partial charge is 0.156 e. The fourth-order valence-corrected chi connectivity index (χ4v) is 3.17. The lowest BCUT2D eigenvalue weighted by Crippen LogP contribution is -2.36. The molecular formula is C13H15Cl2N3. The molecule has 1 aliphatic heterocycles. The first-order valence-corrected chi connectivity index (χ1v) is 7.05. The highest BCUT2D eigenvalue weighted by Gasteiger charge is 2.18. The van der Waals surface area contributed by atoms with Crippen LogP contribution >= 0.6 is 23.2 Å². The van der Waals surface area contributed by atoms with Crippen LogP contribution in [0, 0.1) is 0 Å². The molecule has 0 saturated carbocycles. The summed E-state index contributed by atoms with van der Waals surface area (Å²) in [7, 11) is 0. The Morgan fingerprint density at radius 3 is 3.06 bits per heavy atom. The SMILES string of the molecule is Clc1cccn2c(CC3CCCCN3)nc(Cl)c12. The van der Waals surface area contributed by atoms with E-state index >= 15 is 0 Å². The van der Waals surface area contributed by atoms with Gasteiger partial charge in [-0.3, -0.25) is 0 Å². The molecule has 1 N–H and O–H groups in total. The van der Waals surface area contributed by atoms with Crippen molar-refractivity contribution in [3.63, 3.8) is 0 Å². The van der Waals surface area contributed by atoms with Crippen molar-refractivity contribution in [2.75, 3.05) is 6.54 Å². The van der Waals surface area contributed by atoms with E-state index in [0.717, 1.165) is 24.3 Å². The Labute approximate surface area is 116 Å². The van der Waals surface area contributed by atoms with Gasteiger partial charge < -0.3 is 9.72 Å². The zero-order valence-electron chi connectivity index (χ0n) is 10.00. The number of nitrogens with one attached hydrogen (secondary N) is 1. The molecule has 2 aromatic rings. The number of fused-ring (bicyclic) bond motifs is 1. The van der Waals surface area contributed by atoms with E-state index in [1.54, 1.807) is 0 Å². The lowest BCUT2D eigenvalue weighted by molar-refractivity contribution is 0.394. The van der Waals surface area contributed by atoms with Crippen LogP contribution in [0.4, 0.5) is 0 Å². The largest absolute Gasteiger partial charge is 0.314 e. The number of hydrogen-bond donors (Lipinski definition) is 1. The topological polar surface area (TPSA) is 29.3 Å². The van der Waals surface area contributed by atoms with E-state index in [9.17, 15) is 0 Å². The summed E-state index contributed by atoms with van der Waals surface area (Å²) in [6, 6.07) is 4.26. The minimum absolute atomic E-state index is 0.492. The van der Waals surface area contributed by atoms with Gasteiger partial charge in [-0.15, -0.1) is 0 Å². The van der Waals surface area contributed by atoms with Gasteiger partial charge in [-0.25, -0.2) is 4.98 Å². The van der Waals surface area contributed by atoms with Crippen molar-refractivity contribution in [1.29, 1.82) is 0 Å². The lowest BCUT2D eigenvalue weighted by Gasteiger charge is -2.22. The normalized spacial score (nSPS) is 20.4. The third kappa shape index (κ3) is 2.22. The second-order valence-corrected chi connectivity index (χ2v) is 5.51. The van der Waals surface area contributed by atoms with E-state index in [4.69, 9.17) is 23.2 Å². The molecule has 3 nitrogen and oxygen atoms in total. The molecule has 1 aliphatic rings. The predicted molar refractivity (Wildman–Crippen MR) is 74.6 cm³/mol. The van der Waals surface area contributed by atoms with Crippen molar-refractivity contribution in [1.82, 2.24) is 14.7 Å². The molecule has 1 unspecified atom stereocenters. The number of imidazole rings is 1. The monoisotopic (exact) mass is 283 g/mol. The van der Waals surface area contributed by atoms with Crippen molar-refractivity contribution in [2.45, 2.75) is 31.7 Å². The zero-order valence-corrected chi connectivity index (χ0v) is 11.5. The second kappa shape index (κ2) is 5.08. The van der Waals surface area contributed by atoms with Gasteiger partial charge in [0, 0.05) is 18.7 Å². The molecule has 0 radical (unpaired) electrons. The van der Waals surface area contributed by atoms with Crippen molar-refractivity contribution in [3.05, 3.63) is 34.3 Å². The van der Waals surface area contributed by atoms with Crippen LogP contribution in [-0.4, -0.2) is 22.0 Å². The van der Waals surface area contributed by atoms with Gasteiger partial charge in [-0.2, -0.15) is 0 Å². The molecule has 1 saturated heterocycles. The number of nitrogens with zero attached hydrogens (tertiary/aromatic N) is 2. The van der Waals surface area contributed by atoms with E-state index in [0.29, 0.717) is 16.2 Å². The van der Waals surface area contributed by atoms with Gasteiger partial charge >= 0.3 is 0 Å². The zero-order chi connectivity index (χ0) is 12.5. The molecular weight excluding hydrogens is 269 g/mol. The first-order valence-electron chi connectivity index (χ1n) is 6.30. The van der Waals surface area contributed by atoms with E-state index in [2.05, 4.69) is 10.3 Å². The first kappa shape index (κ1) is 12.3. The van der Waals surface area contributed by atoms with Gasteiger partial charge in [0.05, 0.1) is 5.02 Å². The minimum atomic E-state index is 0.492. The summed E-state index contributed by atoms with van der Waals surface area (Å²) in [6.45, 7) is 1.10. The Kier molecular flexibility index (Phi) is 3.46. The molecule has 1 atom stereocenters. The molecule has 0 spiro atoms. The van der Waals surface area contributed by atoms with Crippen LogP contribution in [0.1, 0.15) is 25.1 Å². The first-order chi connectivity index (χ1) is 8.75. The molecule has 5 heteroatoms. The molecule has 96 valence electrons. The maximum absolute atomic E-state index is 6.16. The maximum atomic E-state index is 6.16. The van der Waals surface area contributed by atoms with Gasteiger partial charge in [0.15, 0.2) is 5.15 Å². The Balaban J connectivity index is 1.94. The van der Waals surface area contributed by atoms with Gasteiger partial charge in [-0.1, -0.05) is 29.6 Å². The van der Waals surface area contributed by atoms with Gasteiger partial charge in [0.1, 0.15) is 11.3 Å². The second-order valence-electron chi connectivity index (χ2n) is 4.74. The minimum Gasteiger partial charge on any atom is -0.314 e. The average molecular weight is 284 g/mol. The van der Waals surface area contributed by atoms with Gasteiger partial charge in [0.2, 0.25) is 0 Å². The maximum Gasteiger partial charge on any atom is 0.156 e. The summed E-state index contributed by atoms with van der Waals surface area (Å²) in [5.41, 5.74) is 0.812. The Hall–Kier alpha value is -0.770. The van der Waals surface area contributed by atoms with Crippen molar-refractivity contribution in [3.8, 4) is 0 Å². The van der Waals surface area contributed by atoms with Gasteiger partial charge in [-0.05, 0) is 31.5 Å². The van der Waals surface area contributed by atoms with E-state index in [-0.39, 0.29) is 0 Å². The fourth-order valence-electron chi connectivity index (χ4n) is 2.58. The highest BCUT2D eigenvalue weighted by Crippen LogP contribution is 2.26.